The zero-order valence-corrected chi connectivity index (χ0v) is 12.1. The number of nitrogens with one attached hydrogen (secondary N) is 1. The van der Waals surface area contributed by atoms with E-state index in [9.17, 15) is 0 Å². The van der Waals surface area contributed by atoms with E-state index < -0.39 is 0 Å². The molecule has 2 nitrogen and oxygen atoms in total. The second-order valence-electron chi connectivity index (χ2n) is 5.47. The van der Waals surface area contributed by atoms with E-state index in [2.05, 4.69) is 49.7 Å². The van der Waals surface area contributed by atoms with Gasteiger partial charge in [0, 0.05) is 23.6 Å². The molecule has 0 radical (unpaired) electrons. The topological polar surface area (TPSA) is 15.3 Å². The molecular weight excluding hydrogens is 216 g/mol. The average molecular weight is 244 g/mol. The van der Waals surface area contributed by atoms with Gasteiger partial charge in [-0.1, -0.05) is 27.7 Å². The van der Waals surface area contributed by atoms with Gasteiger partial charge in [0.15, 0.2) is 0 Å². The Morgan fingerprint density at radius 3 is 2.44 bits per heavy atom. The molecule has 1 N–H and O–H groups in total. The van der Waals surface area contributed by atoms with E-state index >= 15 is 0 Å². The van der Waals surface area contributed by atoms with Crippen molar-refractivity contribution in [3.8, 4) is 0 Å². The Labute approximate surface area is 106 Å². The number of hydrogen-bond acceptors (Lipinski definition) is 3. The Balaban J connectivity index is 2.04. The van der Waals surface area contributed by atoms with Crippen LogP contribution in [0.15, 0.2) is 0 Å². The monoisotopic (exact) mass is 244 g/mol. The maximum Gasteiger partial charge on any atom is 0.0149 e. The third kappa shape index (κ3) is 6.12. The number of rotatable bonds is 6. The van der Waals surface area contributed by atoms with Gasteiger partial charge < -0.3 is 10.2 Å². The minimum Gasteiger partial charge on any atom is -0.316 e. The molecule has 1 rings (SSSR count). The van der Waals surface area contributed by atoms with Gasteiger partial charge in [-0.25, -0.2) is 0 Å². The van der Waals surface area contributed by atoms with Crippen molar-refractivity contribution in [2.45, 2.75) is 44.6 Å². The summed E-state index contributed by atoms with van der Waals surface area (Å²) in [6, 6.07) is 0. The van der Waals surface area contributed by atoms with Crippen molar-refractivity contribution in [1.29, 1.82) is 0 Å². The summed E-state index contributed by atoms with van der Waals surface area (Å²) in [6.07, 6.45) is 1.29. The zero-order valence-electron chi connectivity index (χ0n) is 11.3. The molecular formula is C13H28N2S. The van der Waals surface area contributed by atoms with Crippen molar-refractivity contribution in [3.63, 3.8) is 0 Å². The van der Waals surface area contributed by atoms with Gasteiger partial charge in [-0.05, 0) is 32.0 Å². The lowest BCUT2D eigenvalue weighted by molar-refractivity contribution is 0.266. The molecule has 3 heteroatoms. The molecule has 0 aromatic carbocycles. The summed E-state index contributed by atoms with van der Waals surface area (Å²) in [5, 5.41) is 5.14. The second-order valence-corrected chi connectivity index (χ2v) is 7.35. The third-order valence-electron chi connectivity index (χ3n) is 2.88. The summed E-state index contributed by atoms with van der Waals surface area (Å²) in [4.78, 5) is 2.63. The highest BCUT2D eigenvalue weighted by atomic mass is 32.2. The van der Waals surface area contributed by atoms with Crippen molar-refractivity contribution in [2.75, 3.05) is 32.7 Å². The number of thioether (sulfide) groups is 1. The summed E-state index contributed by atoms with van der Waals surface area (Å²) in [6.45, 7) is 15.4. The quantitative estimate of drug-likeness (QED) is 0.723. The maximum absolute atomic E-state index is 3.51. The van der Waals surface area contributed by atoms with Gasteiger partial charge in [0.25, 0.3) is 0 Å². The van der Waals surface area contributed by atoms with Crippen LogP contribution in [-0.4, -0.2) is 48.1 Å². The Hall–Kier alpha value is 0.270. The highest BCUT2D eigenvalue weighted by molar-refractivity contribution is 8.00. The molecule has 1 heterocycles. The highest BCUT2D eigenvalue weighted by Crippen LogP contribution is 2.24. The van der Waals surface area contributed by atoms with E-state index in [1.54, 1.807) is 0 Å². The van der Waals surface area contributed by atoms with Gasteiger partial charge in [-0.15, -0.1) is 0 Å². The van der Waals surface area contributed by atoms with Gasteiger partial charge in [-0.3, -0.25) is 0 Å². The largest absolute Gasteiger partial charge is 0.316 e. The first kappa shape index (κ1) is 14.3. The summed E-state index contributed by atoms with van der Waals surface area (Å²) in [7, 11) is 0. The van der Waals surface area contributed by atoms with Crippen LogP contribution < -0.4 is 5.32 Å². The highest BCUT2D eigenvalue weighted by Gasteiger charge is 2.21. The molecule has 1 aliphatic heterocycles. The van der Waals surface area contributed by atoms with Crippen molar-refractivity contribution in [2.24, 2.45) is 5.92 Å². The van der Waals surface area contributed by atoms with E-state index in [-0.39, 0.29) is 0 Å². The van der Waals surface area contributed by atoms with Gasteiger partial charge in [-0.2, -0.15) is 11.8 Å². The van der Waals surface area contributed by atoms with Gasteiger partial charge in [0.05, 0.1) is 0 Å². The fourth-order valence-electron chi connectivity index (χ4n) is 2.29. The number of hydrogen-bond donors (Lipinski definition) is 1. The van der Waals surface area contributed by atoms with Crippen LogP contribution in [-0.2, 0) is 0 Å². The van der Waals surface area contributed by atoms with E-state index in [0.29, 0.717) is 0 Å². The Bertz CT molecular complexity index is 175. The molecule has 0 spiro atoms. The van der Waals surface area contributed by atoms with Crippen molar-refractivity contribution in [3.05, 3.63) is 0 Å². The van der Waals surface area contributed by atoms with E-state index in [1.165, 1.54) is 32.6 Å². The molecule has 96 valence electrons. The molecule has 0 amide bonds. The van der Waals surface area contributed by atoms with Crippen LogP contribution in [0.1, 0.15) is 34.1 Å². The van der Waals surface area contributed by atoms with Gasteiger partial charge in [0.2, 0.25) is 0 Å². The van der Waals surface area contributed by atoms with Crippen LogP contribution in [0.2, 0.25) is 0 Å². The van der Waals surface area contributed by atoms with E-state index in [0.717, 1.165) is 23.0 Å². The third-order valence-corrected chi connectivity index (χ3v) is 4.10. The first-order chi connectivity index (χ1) is 7.58. The van der Waals surface area contributed by atoms with Crippen LogP contribution in [0.5, 0.6) is 0 Å². The van der Waals surface area contributed by atoms with Crippen LogP contribution in [0.25, 0.3) is 0 Å². The smallest absolute Gasteiger partial charge is 0.0149 e. The van der Waals surface area contributed by atoms with Gasteiger partial charge >= 0.3 is 0 Å². The van der Waals surface area contributed by atoms with Crippen molar-refractivity contribution < 1.29 is 0 Å². The molecule has 1 fully saturated rings. The molecule has 0 saturated carbocycles. The van der Waals surface area contributed by atoms with Crippen LogP contribution in [0.3, 0.4) is 0 Å². The average Bonchev–Trinajstić information content (AvgIpc) is 2.15. The minimum absolute atomic E-state index is 0.770. The molecule has 2 atom stereocenters. The van der Waals surface area contributed by atoms with Crippen LogP contribution in [0, 0.1) is 5.92 Å². The fourth-order valence-corrected chi connectivity index (χ4v) is 3.67. The molecule has 2 unspecified atom stereocenters. The van der Waals surface area contributed by atoms with Gasteiger partial charge in [0.1, 0.15) is 0 Å². The summed E-state index contributed by atoms with van der Waals surface area (Å²) in [5.41, 5.74) is 0. The Morgan fingerprint density at radius 2 is 1.88 bits per heavy atom. The summed E-state index contributed by atoms with van der Waals surface area (Å²) in [5.74, 6) is 0.770. The molecule has 0 bridgehead atoms. The lowest BCUT2D eigenvalue weighted by Crippen LogP contribution is -2.41. The van der Waals surface area contributed by atoms with Crippen molar-refractivity contribution in [1.82, 2.24) is 10.2 Å². The standard InChI is InChI=1S/C13H28N2S/c1-11(2)8-14-6-5-7-15-9-12(3)16-13(4)10-15/h11-14H,5-10H2,1-4H3. The molecule has 0 aromatic rings. The van der Waals surface area contributed by atoms with Crippen LogP contribution >= 0.6 is 11.8 Å². The molecule has 0 aromatic heterocycles. The Morgan fingerprint density at radius 1 is 1.25 bits per heavy atom. The molecule has 16 heavy (non-hydrogen) atoms. The van der Waals surface area contributed by atoms with Crippen LogP contribution in [0.4, 0.5) is 0 Å². The normalized spacial score (nSPS) is 27.6. The summed E-state index contributed by atoms with van der Waals surface area (Å²) < 4.78 is 0. The lowest BCUT2D eigenvalue weighted by atomic mass is 10.2. The minimum atomic E-state index is 0.770. The SMILES string of the molecule is CC(C)CNCCCN1CC(C)SC(C)C1. The predicted molar refractivity (Wildman–Crippen MR) is 75.3 cm³/mol. The zero-order chi connectivity index (χ0) is 12.0. The molecule has 0 aliphatic carbocycles. The summed E-state index contributed by atoms with van der Waals surface area (Å²) >= 11 is 2.14. The second kappa shape index (κ2) is 7.57. The van der Waals surface area contributed by atoms with Crippen molar-refractivity contribution >= 4 is 11.8 Å². The fraction of sp³-hybridized carbons (Fsp3) is 1.00. The van der Waals surface area contributed by atoms with E-state index in [4.69, 9.17) is 0 Å². The Kier molecular flexibility index (Phi) is 6.78. The molecule has 1 saturated heterocycles. The predicted octanol–water partition coefficient (Wildman–Crippen LogP) is 2.45. The maximum atomic E-state index is 3.51. The first-order valence-corrected chi connectivity index (χ1v) is 7.60. The lowest BCUT2D eigenvalue weighted by Gasteiger charge is -2.34. The van der Waals surface area contributed by atoms with E-state index in [1.807, 2.05) is 0 Å². The number of nitrogens with zero attached hydrogens (tertiary/aromatic N) is 1. The first-order valence-electron chi connectivity index (χ1n) is 6.66. The molecule has 1 aliphatic rings.